The number of benzene rings is 1. The Labute approximate surface area is 89.6 Å². The first kappa shape index (κ1) is 11.4. The normalized spacial score (nSPS) is 9.47. The molecule has 2 N–H and O–H groups in total. The molecule has 4 heteroatoms. The van der Waals surface area contributed by atoms with Crippen LogP contribution in [0, 0.1) is 0 Å². The minimum atomic E-state index is -0.104. The molecule has 0 aliphatic rings. The van der Waals surface area contributed by atoms with Crippen LogP contribution >= 0.6 is 0 Å². The van der Waals surface area contributed by atoms with Gasteiger partial charge in [-0.3, -0.25) is 4.79 Å². The predicted molar refractivity (Wildman–Crippen MR) is 60.2 cm³/mol. The molecule has 1 amide bonds. The van der Waals surface area contributed by atoms with Crippen molar-refractivity contribution >= 4 is 11.6 Å². The number of ether oxygens (including phenoxy) is 1. The number of nitrogens with one attached hydrogen (secondary N) is 2. The Morgan fingerprint density at radius 1 is 1.47 bits per heavy atom. The molecule has 1 rings (SSSR count). The molecule has 82 valence electrons. The SMILES string of the molecule is CCNC(=O)COc1cccc(NC)c1. The number of carbonyl (C=O) groups excluding carboxylic acids is 1. The van der Waals surface area contributed by atoms with Crippen LogP contribution in [-0.4, -0.2) is 26.1 Å². The van der Waals surface area contributed by atoms with Crippen molar-refractivity contribution < 1.29 is 9.53 Å². The van der Waals surface area contributed by atoms with Gasteiger partial charge in [0.05, 0.1) is 0 Å². The first-order chi connectivity index (χ1) is 7.26. The highest BCUT2D eigenvalue weighted by molar-refractivity contribution is 5.77. The van der Waals surface area contributed by atoms with E-state index in [9.17, 15) is 4.79 Å². The molecular weight excluding hydrogens is 192 g/mol. The Morgan fingerprint density at radius 2 is 2.27 bits per heavy atom. The fourth-order valence-corrected chi connectivity index (χ4v) is 1.14. The average molecular weight is 208 g/mol. The number of hydrogen-bond acceptors (Lipinski definition) is 3. The number of amides is 1. The Hall–Kier alpha value is -1.71. The summed E-state index contributed by atoms with van der Waals surface area (Å²) >= 11 is 0. The summed E-state index contributed by atoms with van der Waals surface area (Å²) in [5.74, 6) is 0.584. The highest BCUT2D eigenvalue weighted by atomic mass is 16.5. The molecule has 0 aliphatic carbocycles. The standard InChI is InChI=1S/C11H16N2O2/c1-3-13-11(14)8-15-10-6-4-5-9(7-10)12-2/h4-7,12H,3,8H2,1-2H3,(H,13,14). The van der Waals surface area contributed by atoms with Crippen LogP contribution in [0.5, 0.6) is 5.75 Å². The zero-order valence-electron chi connectivity index (χ0n) is 9.04. The fraction of sp³-hybridized carbons (Fsp3) is 0.364. The molecule has 0 fully saturated rings. The summed E-state index contributed by atoms with van der Waals surface area (Å²) in [4.78, 5) is 11.1. The molecular formula is C11H16N2O2. The van der Waals surface area contributed by atoms with E-state index in [1.165, 1.54) is 0 Å². The van der Waals surface area contributed by atoms with Crippen molar-refractivity contribution in [3.8, 4) is 5.75 Å². The van der Waals surface area contributed by atoms with Crippen LogP contribution < -0.4 is 15.4 Å². The molecule has 0 heterocycles. The van der Waals surface area contributed by atoms with Crippen LogP contribution in [0.25, 0.3) is 0 Å². The minimum absolute atomic E-state index is 0.0566. The summed E-state index contributed by atoms with van der Waals surface area (Å²) < 4.78 is 5.31. The van der Waals surface area contributed by atoms with E-state index < -0.39 is 0 Å². The van der Waals surface area contributed by atoms with Crippen molar-refractivity contribution in [2.75, 3.05) is 25.5 Å². The van der Waals surface area contributed by atoms with Gasteiger partial charge in [0.25, 0.3) is 5.91 Å². The van der Waals surface area contributed by atoms with Gasteiger partial charge in [0.2, 0.25) is 0 Å². The quantitative estimate of drug-likeness (QED) is 0.765. The maximum atomic E-state index is 11.1. The highest BCUT2D eigenvalue weighted by Gasteiger charge is 2.00. The molecule has 0 spiro atoms. The van der Waals surface area contributed by atoms with Gasteiger partial charge in [-0.25, -0.2) is 0 Å². The molecule has 1 aromatic carbocycles. The molecule has 0 atom stereocenters. The highest BCUT2D eigenvalue weighted by Crippen LogP contribution is 2.16. The van der Waals surface area contributed by atoms with Gasteiger partial charge in [0, 0.05) is 25.3 Å². The topological polar surface area (TPSA) is 50.4 Å². The van der Waals surface area contributed by atoms with Crippen LogP contribution in [0.3, 0.4) is 0 Å². The average Bonchev–Trinajstić information content (AvgIpc) is 2.27. The molecule has 15 heavy (non-hydrogen) atoms. The lowest BCUT2D eigenvalue weighted by Crippen LogP contribution is -2.28. The first-order valence-electron chi connectivity index (χ1n) is 4.93. The second kappa shape index (κ2) is 5.90. The molecule has 0 radical (unpaired) electrons. The van der Waals surface area contributed by atoms with Gasteiger partial charge in [0.1, 0.15) is 5.75 Å². The lowest BCUT2D eigenvalue weighted by atomic mass is 10.3. The van der Waals surface area contributed by atoms with E-state index in [0.29, 0.717) is 12.3 Å². The number of anilines is 1. The lowest BCUT2D eigenvalue weighted by molar-refractivity contribution is -0.122. The van der Waals surface area contributed by atoms with E-state index >= 15 is 0 Å². The summed E-state index contributed by atoms with van der Waals surface area (Å²) in [7, 11) is 1.84. The summed E-state index contributed by atoms with van der Waals surface area (Å²) in [6, 6.07) is 7.47. The van der Waals surface area contributed by atoms with E-state index in [4.69, 9.17) is 4.74 Å². The lowest BCUT2D eigenvalue weighted by Gasteiger charge is -2.07. The van der Waals surface area contributed by atoms with E-state index in [1.807, 2.05) is 38.2 Å². The van der Waals surface area contributed by atoms with E-state index in [1.54, 1.807) is 0 Å². The zero-order chi connectivity index (χ0) is 11.1. The zero-order valence-corrected chi connectivity index (χ0v) is 9.04. The number of carbonyl (C=O) groups is 1. The molecule has 0 bridgehead atoms. The third kappa shape index (κ3) is 3.89. The first-order valence-corrected chi connectivity index (χ1v) is 4.93. The van der Waals surface area contributed by atoms with Crippen molar-refractivity contribution in [2.45, 2.75) is 6.92 Å². The maximum absolute atomic E-state index is 11.1. The smallest absolute Gasteiger partial charge is 0.257 e. The maximum Gasteiger partial charge on any atom is 0.257 e. The van der Waals surface area contributed by atoms with Gasteiger partial charge in [-0.1, -0.05) is 6.07 Å². The Kier molecular flexibility index (Phi) is 4.47. The second-order valence-electron chi connectivity index (χ2n) is 3.02. The van der Waals surface area contributed by atoms with Crippen LogP contribution in [0.1, 0.15) is 6.92 Å². The fourth-order valence-electron chi connectivity index (χ4n) is 1.14. The van der Waals surface area contributed by atoms with Crippen LogP contribution in [0.2, 0.25) is 0 Å². The van der Waals surface area contributed by atoms with Crippen LogP contribution in [-0.2, 0) is 4.79 Å². The van der Waals surface area contributed by atoms with Crippen molar-refractivity contribution in [2.24, 2.45) is 0 Å². The van der Waals surface area contributed by atoms with E-state index in [2.05, 4.69) is 10.6 Å². The third-order valence-corrected chi connectivity index (χ3v) is 1.87. The molecule has 0 saturated heterocycles. The third-order valence-electron chi connectivity index (χ3n) is 1.87. The van der Waals surface area contributed by atoms with Crippen molar-refractivity contribution in [3.05, 3.63) is 24.3 Å². The monoisotopic (exact) mass is 208 g/mol. The van der Waals surface area contributed by atoms with Gasteiger partial charge in [-0.05, 0) is 19.1 Å². The van der Waals surface area contributed by atoms with Gasteiger partial charge in [-0.15, -0.1) is 0 Å². The Bertz CT molecular complexity index is 326. The van der Waals surface area contributed by atoms with Crippen molar-refractivity contribution in [1.82, 2.24) is 5.32 Å². The molecule has 0 aliphatic heterocycles. The van der Waals surface area contributed by atoms with E-state index in [-0.39, 0.29) is 12.5 Å². The molecule has 0 aromatic heterocycles. The summed E-state index contributed by atoms with van der Waals surface area (Å²) in [6.45, 7) is 2.55. The van der Waals surface area contributed by atoms with Gasteiger partial charge in [-0.2, -0.15) is 0 Å². The molecule has 0 unspecified atom stereocenters. The summed E-state index contributed by atoms with van der Waals surface area (Å²) in [5.41, 5.74) is 0.961. The Balaban J connectivity index is 2.46. The largest absolute Gasteiger partial charge is 0.484 e. The van der Waals surface area contributed by atoms with Gasteiger partial charge in [0.15, 0.2) is 6.61 Å². The molecule has 1 aromatic rings. The minimum Gasteiger partial charge on any atom is -0.484 e. The predicted octanol–water partition coefficient (Wildman–Crippen LogP) is 1.24. The summed E-state index contributed by atoms with van der Waals surface area (Å²) in [5, 5.41) is 5.66. The van der Waals surface area contributed by atoms with Crippen molar-refractivity contribution in [1.29, 1.82) is 0 Å². The Morgan fingerprint density at radius 3 is 2.93 bits per heavy atom. The van der Waals surface area contributed by atoms with Crippen LogP contribution in [0.4, 0.5) is 5.69 Å². The van der Waals surface area contributed by atoms with Gasteiger partial charge >= 0.3 is 0 Å². The van der Waals surface area contributed by atoms with Crippen molar-refractivity contribution in [3.63, 3.8) is 0 Å². The molecule has 0 saturated carbocycles. The van der Waals surface area contributed by atoms with Crippen LogP contribution in [0.15, 0.2) is 24.3 Å². The van der Waals surface area contributed by atoms with E-state index in [0.717, 1.165) is 5.69 Å². The molecule has 4 nitrogen and oxygen atoms in total. The second-order valence-corrected chi connectivity index (χ2v) is 3.02. The number of likely N-dealkylation sites (N-methyl/N-ethyl adjacent to an activating group) is 1. The summed E-state index contributed by atoms with van der Waals surface area (Å²) in [6.07, 6.45) is 0. The number of rotatable bonds is 5. The van der Waals surface area contributed by atoms with Gasteiger partial charge < -0.3 is 15.4 Å². The number of hydrogen-bond donors (Lipinski definition) is 2.